The normalized spacial score (nSPS) is 36.9. The molecule has 0 radical (unpaired) electrons. The van der Waals surface area contributed by atoms with Gasteiger partial charge in [0.15, 0.2) is 0 Å². The highest BCUT2D eigenvalue weighted by atomic mass is 79.9. The van der Waals surface area contributed by atoms with Crippen LogP contribution in [-0.4, -0.2) is 85.6 Å². The molecule has 0 aromatic rings. The lowest BCUT2D eigenvalue weighted by Crippen LogP contribution is -2.61. The molecule has 1 unspecified atom stereocenters. The number of aliphatic hydroxyl groups excluding tert-OH is 1. The lowest BCUT2D eigenvalue weighted by atomic mass is 9.70. The van der Waals surface area contributed by atoms with Crippen molar-refractivity contribution in [2.45, 2.75) is 93.5 Å². The Hall–Kier alpha value is -1.45. The van der Waals surface area contributed by atoms with Gasteiger partial charge in [0.25, 0.3) is 0 Å². The molecule has 1 saturated carbocycles. The van der Waals surface area contributed by atoms with Crippen LogP contribution in [0.5, 0.6) is 0 Å². The molecule has 3 heterocycles. The largest absolute Gasteiger partial charge is 0.481 e. The van der Waals surface area contributed by atoms with Crippen molar-refractivity contribution in [3.63, 3.8) is 0 Å². The Bertz CT molecular complexity index is 832. The maximum absolute atomic E-state index is 14.4. The minimum absolute atomic E-state index is 0.0523. The van der Waals surface area contributed by atoms with E-state index < -0.39 is 41.6 Å². The number of rotatable bonds is 9. The van der Waals surface area contributed by atoms with Crippen LogP contribution in [0.25, 0.3) is 0 Å². The molecule has 4 rings (SSSR count). The van der Waals surface area contributed by atoms with E-state index in [1.165, 1.54) is 4.90 Å². The molecule has 8 nitrogen and oxygen atoms in total. The quantitative estimate of drug-likeness (QED) is 0.343. The van der Waals surface area contributed by atoms with Gasteiger partial charge in [-0.25, -0.2) is 0 Å². The van der Waals surface area contributed by atoms with E-state index in [1.807, 2.05) is 18.7 Å². The van der Waals surface area contributed by atoms with Gasteiger partial charge in [-0.3, -0.25) is 14.4 Å². The predicted octanol–water partition coefficient (Wildman–Crippen LogP) is 2.57. The number of ether oxygens (including phenoxy) is 1. The fraction of sp³-hybridized carbons (Fsp3) is 0.800. The van der Waals surface area contributed by atoms with Gasteiger partial charge in [0, 0.05) is 17.4 Å². The van der Waals surface area contributed by atoms with Crippen molar-refractivity contribution in [2.24, 2.45) is 17.8 Å². The van der Waals surface area contributed by atoms with Gasteiger partial charge in [-0.05, 0) is 25.2 Å². The number of amides is 2. The summed E-state index contributed by atoms with van der Waals surface area (Å²) in [6.07, 6.45) is 7.16. The van der Waals surface area contributed by atoms with Gasteiger partial charge in [-0.15, -0.1) is 6.58 Å². The van der Waals surface area contributed by atoms with Crippen molar-refractivity contribution in [1.29, 1.82) is 0 Å². The average molecular weight is 541 g/mol. The molecule has 1 aliphatic carbocycles. The number of carbonyl (C=O) groups is 3. The van der Waals surface area contributed by atoms with Gasteiger partial charge < -0.3 is 24.7 Å². The maximum atomic E-state index is 14.4. The molecule has 2 amide bonds. The first-order valence-electron chi connectivity index (χ1n) is 12.6. The number of carbonyl (C=O) groups excluding carboxylic acids is 2. The summed E-state index contributed by atoms with van der Waals surface area (Å²) in [7, 11) is 0. The van der Waals surface area contributed by atoms with E-state index in [0.717, 1.165) is 32.1 Å². The van der Waals surface area contributed by atoms with E-state index in [0.29, 0.717) is 19.4 Å². The first-order valence-corrected chi connectivity index (χ1v) is 13.5. The Morgan fingerprint density at radius 2 is 2.03 bits per heavy atom. The summed E-state index contributed by atoms with van der Waals surface area (Å²) in [4.78, 5) is 43.7. The average Bonchev–Trinajstić information content (AvgIpc) is 3.42. The van der Waals surface area contributed by atoms with Gasteiger partial charge in [0.2, 0.25) is 11.8 Å². The number of aliphatic carboxylic acids is 1. The summed E-state index contributed by atoms with van der Waals surface area (Å²) in [5, 5.41) is 20.4. The van der Waals surface area contributed by atoms with Crippen LogP contribution in [0.1, 0.15) is 58.8 Å². The van der Waals surface area contributed by atoms with E-state index in [4.69, 9.17) is 4.74 Å². The molecule has 8 atom stereocenters. The first-order chi connectivity index (χ1) is 16.2. The molecule has 4 fully saturated rings. The molecule has 2 bridgehead atoms. The summed E-state index contributed by atoms with van der Waals surface area (Å²) in [5.41, 5.74) is -1.22. The molecule has 3 aliphatic heterocycles. The van der Waals surface area contributed by atoms with Crippen molar-refractivity contribution in [2.75, 3.05) is 13.2 Å². The topological polar surface area (TPSA) is 107 Å². The zero-order chi connectivity index (χ0) is 24.8. The van der Waals surface area contributed by atoms with Crippen LogP contribution in [0.4, 0.5) is 0 Å². The number of hydrogen-bond acceptors (Lipinski definition) is 5. The Morgan fingerprint density at radius 3 is 2.59 bits per heavy atom. The van der Waals surface area contributed by atoms with E-state index >= 15 is 0 Å². The Labute approximate surface area is 209 Å². The van der Waals surface area contributed by atoms with Gasteiger partial charge in [0.05, 0.1) is 30.6 Å². The maximum Gasteiger partial charge on any atom is 0.310 e. The van der Waals surface area contributed by atoms with Crippen LogP contribution >= 0.6 is 15.9 Å². The van der Waals surface area contributed by atoms with Gasteiger partial charge >= 0.3 is 5.97 Å². The third kappa shape index (κ3) is 3.82. The number of likely N-dealkylation sites (tertiary alicyclic amines) is 1. The third-order valence-electron chi connectivity index (χ3n) is 8.72. The van der Waals surface area contributed by atoms with Crippen LogP contribution in [-0.2, 0) is 19.1 Å². The van der Waals surface area contributed by atoms with E-state index in [-0.39, 0.29) is 35.2 Å². The first kappa shape index (κ1) is 25.6. The van der Waals surface area contributed by atoms with Crippen molar-refractivity contribution in [1.82, 2.24) is 9.80 Å². The fourth-order valence-electron chi connectivity index (χ4n) is 6.91. The molecule has 4 aliphatic rings. The standard InChI is InChI=1S/C25H37BrN2O6/c1-4-11-27(15-9-7-6-8-10-15)23(31)21-25-12-16(26)20(34-25)18(24(32)33)19(25)22(30)28(21)17(13-29)14(3)5-2/h4,14-21,29H,1,5-13H2,2-3H3,(H,32,33)/t14-,16?,17-,18+,19-,20+,21+,25-/m0/s1. The number of carboxylic acid groups (broad SMARTS) is 1. The number of hydrogen-bond donors (Lipinski definition) is 2. The lowest BCUT2D eigenvalue weighted by molar-refractivity contribution is -0.155. The summed E-state index contributed by atoms with van der Waals surface area (Å²) < 4.78 is 6.38. The minimum Gasteiger partial charge on any atom is -0.481 e. The predicted molar refractivity (Wildman–Crippen MR) is 129 cm³/mol. The van der Waals surface area contributed by atoms with Crippen LogP contribution in [0.3, 0.4) is 0 Å². The van der Waals surface area contributed by atoms with E-state index in [2.05, 4.69) is 22.5 Å². The summed E-state index contributed by atoms with van der Waals surface area (Å²) in [5.74, 6) is -3.70. The second-order valence-corrected chi connectivity index (χ2v) is 11.6. The number of alkyl halides is 1. The number of fused-ring (bicyclic) bond motifs is 1. The molecule has 0 aromatic heterocycles. The number of aliphatic hydroxyl groups is 1. The molecular formula is C25H37BrN2O6. The Morgan fingerprint density at radius 1 is 1.35 bits per heavy atom. The zero-order valence-corrected chi connectivity index (χ0v) is 21.7. The summed E-state index contributed by atoms with van der Waals surface area (Å²) >= 11 is 3.58. The smallest absolute Gasteiger partial charge is 0.310 e. The summed E-state index contributed by atoms with van der Waals surface area (Å²) in [6, 6.07) is -1.50. The zero-order valence-electron chi connectivity index (χ0n) is 20.1. The number of carboxylic acids is 1. The fourth-order valence-corrected chi connectivity index (χ4v) is 7.85. The number of halogens is 1. The van der Waals surface area contributed by atoms with Crippen molar-refractivity contribution >= 4 is 33.7 Å². The highest BCUT2D eigenvalue weighted by Crippen LogP contribution is 2.60. The highest BCUT2D eigenvalue weighted by molar-refractivity contribution is 9.09. The van der Waals surface area contributed by atoms with Crippen molar-refractivity contribution < 1.29 is 29.3 Å². The van der Waals surface area contributed by atoms with Gasteiger partial charge in [0.1, 0.15) is 11.6 Å². The van der Waals surface area contributed by atoms with E-state index in [9.17, 15) is 24.6 Å². The Kier molecular flexibility index (Phi) is 7.46. The SMILES string of the molecule is C=CCN(C(=O)[C@H]1N([C@@H](CO)[C@@H](C)CC)C(=O)[C@@H]2[C@@H](C(=O)O)[C@@H]3O[C@@]21CC3Br)C1CCCCC1. The third-order valence-corrected chi connectivity index (χ3v) is 9.56. The molecule has 1 spiro atoms. The Balaban J connectivity index is 1.81. The molecule has 2 N–H and O–H groups in total. The monoisotopic (exact) mass is 540 g/mol. The summed E-state index contributed by atoms with van der Waals surface area (Å²) in [6.45, 7) is 7.85. The van der Waals surface area contributed by atoms with Crippen molar-refractivity contribution in [3.05, 3.63) is 12.7 Å². The molecule has 190 valence electrons. The van der Waals surface area contributed by atoms with Gasteiger partial charge in [-0.1, -0.05) is 61.5 Å². The minimum atomic E-state index is -1.22. The molecule has 3 saturated heterocycles. The van der Waals surface area contributed by atoms with Crippen LogP contribution in [0, 0.1) is 17.8 Å². The van der Waals surface area contributed by atoms with Crippen LogP contribution in [0.2, 0.25) is 0 Å². The second-order valence-electron chi connectivity index (χ2n) is 10.5. The lowest BCUT2D eigenvalue weighted by Gasteiger charge is -2.43. The van der Waals surface area contributed by atoms with Crippen molar-refractivity contribution in [3.8, 4) is 0 Å². The van der Waals surface area contributed by atoms with E-state index in [1.54, 1.807) is 6.08 Å². The highest BCUT2D eigenvalue weighted by Gasteiger charge is 2.77. The molecule has 9 heteroatoms. The molecular weight excluding hydrogens is 504 g/mol. The molecule has 0 aromatic carbocycles. The van der Waals surface area contributed by atoms with Crippen LogP contribution < -0.4 is 0 Å². The number of nitrogens with zero attached hydrogens (tertiary/aromatic N) is 2. The van der Waals surface area contributed by atoms with Gasteiger partial charge in [-0.2, -0.15) is 0 Å². The van der Waals surface area contributed by atoms with Crippen LogP contribution in [0.15, 0.2) is 12.7 Å². The second kappa shape index (κ2) is 9.90. The molecule has 34 heavy (non-hydrogen) atoms.